The van der Waals surface area contributed by atoms with Gasteiger partial charge in [-0.05, 0) is 31.0 Å². The maximum atomic E-state index is 13.1. The molecule has 0 bridgehead atoms. The SMILES string of the molecule is CCCN(CC1CCOC1)C(=O)Nc1ccc(F)c(Cl)c1. The fraction of sp³-hybridized carbons (Fsp3) is 0.533. The third-order valence-corrected chi connectivity index (χ3v) is 3.74. The van der Waals surface area contributed by atoms with Crippen LogP contribution in [0.2, 0.25) is 5.02 Å². The minimum Gasteiger partial charge on any atom is -0.381 e. The van der Waals surface area contributed by atoms with Gasteiger partial charge in [0.1, 0.15) is 5.82 Å². The van der Waals surface area contributed by atoms with Crippen LogP contribution < -0.4 is 5.32 Å². The highest BCUT2D eigenvalue weighted by molar-refractivity contribution is 6.31. The van der Waals surface area contributed by atoms with Gasteiger partial charge in [0.25, 0.3) is 0 Å². The summed E-state index contributed by atoms with van der Waals surface area (Å²) in [7, 11) is 0. The highest BCUT2D eigenvalue weighted by Gasteiger charge is 2.22. The largest absolute Gasteiger partial charge is 0.381 e. The van der Waals surface area contributed by atoms with E-state index in [0.717, 1.165) is 19.4 Å². The van der Waals surface area contributed by atoms with Crippen molar-refractivity contribution in [2.45, 2.75) is 19.8 Å². The van der Waals surface area contributed by atoms with Crippen molar-refractivity contribution >= 4 is 23.3 Å². The first-order valence-electron chi connectivity index (χ1n) is 7.19. The van der Waals surface area contributed by atoms with Crippen molar-refractivity contribution in [3.8, 4) is 0 Å². The topological polar surface area (TPSA) is 41.6 Å². The van der Waals surface area contributed by atoms with Gasteiger partial charge >= 0.3 is 6.03 Å². The van der Waals surface area contributed by atoms with Gasteiger partial charge in [0.2, 0.25) is 0 Å². The molecular weight excluding hydrogens is 295 g/mol. The Morgan fingerprint density at radius 1 is 1.57 bits per heavy atom. The van der Waals surface area contributed by atoms with Gasteiger partial charge in [-0.3, -0.25) is 0 Å². The maximum absolute atomic E-state index is 13.1. The Hall–Kier alpha value is -1.33. The Labute approximate surface area is 129 Å². The molecule has 1 heterocycles. The molecule has 1 aliphatic heterocycles. The molecule has 1 N–H and O–H groups in total. The van der Waals surface area contributed by atoms with Crippen molar-refractivity contribution in [3.05, 3.63) is 29.0 Å². The lowest BCUT2D eigenvalue weighted by Gasteiger charge is -2.25. The van der Waals surface area contributed by atoms with Crippen LogP contribution in [0.4, 0.5) is 14.9 Å². The van der Waals surface area contributed by atoms with E-state index in [1.165, 1.54) is 18.2 Å². The van der Waals surface area contributed by atoms with Gasteiger partial charge in [-0.1, -0.05) is 18.5 Å². The van der Waals surface area contributed by atoms with Crippen LogP contribution in [0.3, 0.4) is 0 Å². The quantitative estimate of drug-likeness (QED) is 0.899. The van der Waals surface area contributed by atoms with Crippen molar-refractivity contribution in [3.63, 3.8) is 0 Å². The van der Waals surface area contributed by atoms with Crippen LogP contribution in [0.5, 0.6) is 0 Å². The summed E-state index contributed by atoms with van der Waals surface area (Å²) in [6, 6.07) is 3.97. The average molecular weight is 315 g/mol. The highest BCUT2D eigenvalue weighted by atomic mass is 35.5. The Morgan fingerprint density at radius 2 is 2.38 bits per heavy atom. The van der Waals surface area contributed by atoms with Gasteiger partial charge in [0, 0.05) is 31.3 Å². The zero-order valence-corrected chi connectivity index (χ0v) is 12.8. The molecule has 1 saturated heterocycles. The predicted octanol–water partition coefficient (Wildman–Crippen LogP) is 3.76. The standard InChI is InChI=1S/C15H20ClFN2O2/c1-2-6-19(9-11-5-7-21-10-11)15(20)18-12-3-4-14(17)13(16)8-12/h3-4,8,11H,2,5-7,9-10H2,1H3,(H,18,20). The number of carbonyl (C=O) groups is 1. The molecule has 2 rings (SSSR count). The van der Waals surface area contributed by atoms with E-state index in [9.17, 15) is 9.18 Å². The number of anilines is 1. The first-order chi connectivity index (χ1) is 10.1. The second-order valence-corrected chi connectivity index (χ2v) is 5.64. The first-order valence-corrected chi connectivity index (χ1v) is 7.56. The summed E-state index contributed by atoms with van der Waals surface area (Å²) in [5.41, 5.74) is 0.496. The van der Waals surface area contributed by atoms with Crippen LogP contribution in [-0.4, -0.2) is 37.2 Å². The van der Waals surface area contributed by atoms with Crippen LogP contribution in [0.15, 0.2) is 18.2 Å². The van der Waals surface area contributed by atoms with E-state index in [4.69, 9.17) is 16.3 Å². The molecule has 1 fully saturated rings. The normalized spacial score (nSPS) is 17.8. The van der Waals surface area contributed by atoms with Gasteiger partial charge in [-0.2, -0.15) is 0 Å². The molecule has 1 unspecified atom stereocenters. The van der Waals surface area contributed by atoms with Gasteiger partial charge in [-0.25, -0.2) is 9.18 Å². The number of ether oxygens (including phenoxy) is 1. The molecule has 0 aromatic heterocycles. The predicted molar refractivity (Wildman–Crippen MR) is 81.2 cm³/mol. The molecular formula is C15H20ClFN2O2. The molecule has 4 nitrogen and oxygen atoms in total. The fourth-order valence-corrected chi connectivity index (χ4v) is 2.54. The Balaban J connectivity index is 1.98. The van der Waals surface area contributed by atoms with E-state index in [2.05, 4.69) is 5.32 Å². The molecule has 1 aromatic carbocycles. The van der Waals surface area contributed by atoms with Crippen molar-refractivity contribution in [1.82, 2.24) is 4.90 Å². The Morgan fingerprint density at radius 3 is 3.00 bits per heavy atom. The van der Waals surface area contributed by atoms with Crippen LogP contribution in [0.25, 0.3) is 0 Å². The fourth-order valence-electron chi connectivity index (χ4n) is 2.36. The third kappa shape index (κ3) is 4.58. The summed E-state index contributed by atoms with van der Waals surface area (Å²) in [6.07, 6.45) is 1.86. The van der Waals surface area contributed by atoms with Crippen molar-refractivity contribution < 1.29 is 13.9 Å². The number of hydrogen-bond donors (Lipinski definition) is 1. The van der Waals surface area contributed by atoms with Gasteiger partial charge in [-0.15, -0.1) is 0 Å². The lowest BCUT2D eigenvalue weighted by molar-refractivity contribution is 0.169. The molecule has 0 saturated carbocycles. The van der Waals surface area contributed by atoms with Crippen LogP contribution in [-0.2, 0) is 4.74 Å². The zero-order chi connectivity index (χ0) is 15.2. The molecule has 0 spiro atoms. The summed E-state index contributed by atoms with van der Waals surface area (Å²) >= 11 is 5.72. The van der Waals surface area contributed by atoms with E-state index in [0.29, 0.717) is 31.3 Å². The first kappa shape index (κ1) is 16.0. The molecule has 1 aliphatic rings. The molecule has 0 aliphatic carbocycles. The van der Waals surface area contributed by atoms with Crippen molar-refractivity contribution in [2.24, 2.45) is 5.92 Å². The van der Waals surface area contributed by atoms with Gasteiger partial charge in [0.15, 0.2) is 0 Å². The molecule has 1 atom stereocenters. The van der Waals surface area contributed by atoms with E-state index in [-0.39, 0.29) is 11.1 Å². The lowest BCUT2D eigenvalue weighted by atomic mass is 10.1. The number of amides is 2. The molecule has 2 amide bonds. The molecule has 0 radical (unpaired) electrons. The summed E-state index contributed by atoms with van der Waals surface area (Å²) in [5, 5.41) is 2.76. The number of urea groups is 1. The number of nitrogens with zero attached hydrogens (tertiary/aromatic N) is 1. The van der Waals surface area contributed by atoms with E-state index in [1.807, 2.05) is 6.92 Å². The number of carbonyl (C=O) groups excluding carboxylic acids is 1. The number of rotatable bonds is 5. The Kier molecular flexibility index (Phi) is 5.82. The molecule has 1 aromatic rings. The van der Waals surface area contributed by atoms with Crippen LogP contribution in [0, 0.1) is 11.7 Å². The zero-order valence-electron chi connectivity index (χ0n) is 12.1. The van der Waals surface area contributed by atoms with E-state index < -0.39 is 5.82 Å². The number of hydrogen-bond acceptors (Lipinski definition) is 2. The van der Waals surface area contributed by atoms with Gasteiger partial charge < -0.3 is 15.0 Å². The molecule has 116 valence electrons. The second-order valence-electron chi connectivity index (χ2n) is 5.23. The van der Waals surface area contributed by atoms with Gasteiger partial charge in [0.05, 0.1) is 11.6 Å². The van der Waals surface area contributed by atoms with Crippen LogP contribution >= 0.6 is 11.6 Å². The van der Waals surface area contributed by atoms with Crippen molar-refractivity contribution in [2.75, 3.05) is 31.6 Å². The van der Waals surface area contributed by atoms with Crippen molar-refractivity contribution in [1.29, 1.82) is 0 Å². The summed E-state index contributed by atoms with van der Waals surface area (Å²) in [4.78, 5) is 14.1. The lowest BCUT2D eigenvalue weighted by Crippen LogP contribution is -2.39. The summed E-state index contributed by atoms with van der Waals surface area (Å²) < 4.78 is 18.5. The number of benzene rings is 1. The number of nitrogens with one attached hydrogen (secondary N) is 1. The van der Waals surface area contributed by atoms with E-state index >= 15 is 0 Å². The number of halogens is 2. The molecule has 6 heteroatoms. The maximum Gasteiger partial charge on any atom is 0.321 e. The molecule has 21 heavy (non-hydrogen) atoms. The minimum absolute atomic E-state index is 0.000894. The third-order valence-electron chi connectivity index (χ3n) is 3.45. The van der Waals surface area contributed by atoms with E-state index in [1.54, 1.807) is 4.90 Å². The highest BCUT2D eigenvalue weighted by Crippen LogP contribution is 2.20. The Bertz CT molecular complexity index is 493. The van der Waals surface area contributed by atoms with Crippen LogP contribution in [0.1, 0.15) is 19.8 Å². The summed E-state index contributed by atoms with van der Waals surface area (Å²) in [5.74, 6) is -0.109. The average Bonchev–Trinajstić information content (AvgIpc) is 2.95. The minimum atomic E-state index is -0.497. The smallest absolute Gasteiger partial charge is 0.321 e. The monoisotopic (exact) mass is 314 g/mol. The second kappa shape index (κ2) is 7.61. The summed E-state index contributed by atoms with van der Waals surface area (Å²) in [6.45, 7) is 4.85.